The second-order valence-electron chi connectivity index (χ2n) is 5.49. The molecule has 0 aliphatic carbocycles. The number of hydrogen-bond donors (Lipinski definition) is 2. The van der Waals surface area contributed by atoms with Crippen LogP contribution in [0.2, 0.25) is 0 Å². The summed E-state index contributed by atoms with van der Waals surface area (Å²) in [6, 6.07) is 14.7. The number of hydrogen-bond acceptors (Lipinski definition) is 4. The molecular weight excluding hydrogens is 386 g/mol. The van der Waals surface area contributed by atoms with Gasteiger partial charge < -0.3 is 19.9 Å². The maximum absolute atomic E-state index is 11.9. The van der Waals surface area contributed by atoms with Gasteiger partial charge in [-0.1, -0.05) is 36.4 Å². The lowest BCUT2D eigenvalue weighted by Crippen LogP contribution is -2.39. The van der Waals surface area contributed by atoms with Crippen molar-refractivity contribution in [1.82, 2.24) is 5.32 Å². The molecule has 2 aromatic rings. The summed E-state index contributed by atoms with van der Waals surface area (Å²) in [7, 11) is 0. The van der Waals surface area contributed by atoms with Crippen LogP contribution < -0.4 is 10.1 Å². The Balaban J connectivity index is 1.87. The Morgan fingerprint density at radius 3 is 2.60 bits per heavy atom. The van der Waals surface area contributed by atoms with Crippen molar-refractivity contribution >= 4 is 22.0 Å². The van der Waals surface area contributed by atoms with Gasteiger partial charge in [0, 0.05) is 0 Å². The summed E-state index contributed by atoms with van der Waals surface area (Å²) in [5.41, 5.74) is 1.88. The molecule has 0 aliphatic heterocycles. The number of carbonyl (C=O) groups excluding carboxylic acids is 1. The molecule has 0 radical (unpaired) electrons. The molecule has 1 atom stereocenters. The van der Waals surface area contributed by atoms with E-state index in [0.29, 0.717) is 13.0 Å². The van der Waals surface area contributed by atoms with Crippen molar-refractivity contribution in [2.75, 3.05) is 13.2 Å². The summed E-state index contributed by atoms with van der Waals surface area (Å²) in [6.45, 7) is 2.53. The molecule has 0 bridgehead atoms. The molecular formula is C19H22BrNO4. The van der Waals surface area contributed by atoms with Crippen molar-refractivity contribution in [2.45, 2.75) is 26.0 Å². The predicted octanol–water partition coefficient (Wildman–Crippen LogP) is 3.68. The first-order chi connectivity index (χ1) is 12.1. The second-order valence-corrected chi connectivity index (χ2v) is 6.34. The van der Waals surface area contributed by atoms with Crippen molar-refractivity contribution in [3.8, 4) is 5.75 Å². The zero-order valence-electron chi connectivity index (χ0n) is 14.1. The fourth-order valence-electron chi connectivity index (χ4n) is 2.32. The SMILES string of the molecule is CCOc1ccc(CC(CO)NC(=O)OCc2ccccc2)cc1Br. The normalized spacial score (nSPS) is 11.6. The van der Waals surface area contributed by atoms with Gasteiger partial charge in [-0.05, 0) is 52.5 Å². The number of aliphatic hydroxyl groups excluding tert-OH is 1. The number of carbonyl (C=O) groups is 1. The quantitative estimate of drug-likeness (QED) is 0.700. The molecule has 6 heteroatoms. The molecule has 2 N–H and O–H groups in total. The molecule has 0 spiro atoms. The zero-order chi connectivity index (χ0) is 18.1. The molecule has 25 heavy (non-hydrogen) atoms. The van der Waals surface area contributed by atoms with E-state index < -0.39 is 12.1 Å². The second kappa shape index (κ2) is 10.1. The van der Waals surface area contributed by atoms with Crippen LogP contribution in [0.5, 0.6) is 5.75 Å². The third kappa shape index (κ3) is 6.40. The third-order valence-corrected chi connectivity index (χ3v) is 4.15. The van der Waals surface area contributed by atoms with Crippen LogP contribution in [0.25, 0.3) is 0 Å². The van der Waals surface area contributed by atoms with E-state index in [1.165, 1.54) is 0 Å². The Hall–Kier alpha value is -2.05. The number of amides is 1. The number of benzene rings is 2. The standard InChI is InChI=1S/C19H22BrNO4/c1-2-24-18-9-8-15(11-17(18)20)10-16(12-22)21-19(23)25-13-14-6-4-3-5-7-14/h3-9,11,16,22H,2,10,12-13H2,1H3,(H,21,23). The zero-order valence-corrected chi connectivity index (χ0v) is 15.7. The summed E-state index contributed by atoms with van der Waals surface area (Å²) in [5, 5.41) is 12.2. The highest BCUT2D eigenvalue weighted by atomic mass is 79.9. The first-order valence-electron chi connectivity index (χ1n) is 8.11. The van der Waals surface area contributed by atoms with Gasteiger partial charge in [-0.15, -0.1) is 0 Å². The van der Waals surface area contributed by atoms with Crippen molar-refractivity contribution in [2.24, 2.45) is 0 Å². The Labute approximate surface area is 156 Å². The van der Waals surface area contributed by atoms with E-state index in [0.717, 1.165) is 21.3 Å². The molecule has 0 saturated carbocycles. The minimum atomic E-state index is -0.548. The van der Waals surface area contributed by atoms with Crippen LogP contribution in [-0.4, -0.2) is 30.5 Å². The fraction of sp³-hybridized carbons (Fsp3) is 0.316. The number of aliphatic hydroxyl groups is 1. The summed E-state index contributed by atoms with van der Waals surface area (Å²) in [4.78, 5) is 11.9. The highest BCUT2D eigenvalue weighted by Crippen LogP contribution is 2.26. The van der Waals surface area contributed by atoms with Gasteiger partial charge in [-0.2, -0.15) is 0 Å². The third-order valence-electron chi connectivity index (χ3n) is 3.53. The number of ether oxygens (including phenoxy) is 2. The lowest BCUT2D eigenvalue weighted by molar-refractivity contribution is 0.129. The van der Waals surface area contributed by atoms with E-state index >= 15 is 0 Å². The highest BCUT2D eigenvalue weighted by molar-refractivity contribution is 9.10. The molecule has 2 rings (SSSR count). The van der Waals surface area contributed by atoms with E-state index in [9.17, 15) is 9.90 Å². The van der Waals surface area contributed by atoms with Gasteiger partial charge in [-0.3, -0.25) is 0 Å². The summed E-state index contributed by atoms with van der Waals surface area (Å²) < 4.78 is 11.5. The number of halogens is 1. The molecule has 0 saturated heterocycles. The van der Waals surface area contributed by atoms with Crippen LogP contribution in [0.1, 0.15) is 18.1 Å². The van der Waals surface area contributed by atoms with Gasteiger partial charge in [0.1, 0.15) is 12.4 Å². The van der Waals surface area contributed by atoms with Crippen molar-refractivity contribution in [3.05, 3.63) is 64.1 Å². The van der Waals surface area contributed by atoms with E-state index in [-0.39, 0.29) is 13.2 Å². The van der Waals surface area contributed by atoms with E-state index in [1.807, 2.05) is 55.5 Å². The van der Waals surface area contributed by atoms with Gasteiger partial charge in [0.2, 0.25) is 0 Å². The smallest absolute Gasteiger partial charge is 0.407 e. The van der Waals surface area contributed by atoms with E-state index in [4.69, 9.17) is 9.47 Å². The van der Waals surface area contributed by atoms with E-state index in [2.05, 4.69) is 21.2 Å². The predicted molar refractivity (Wildman–Crippen MR) is 99.7 cm³/mol. The summed E-state index contributed by atoms with van der Waals surface area (Å²) >= 11 is 3.46. The van der Waals surface area contributed by atoms with Crippen molar-refractivity contribution < 1.29 is 19.4 Å². The monoisotopic (exact) mass is 407 g/mol. The lowest BCUT2D eigenvalue weighted by Gasteiger charge is -2.17. The van der Waals surface area contributed by atoms with Crippen LogP contribution in [0, 0.1) is 0 Å². The molecule has 1 amide bonds. The van der Waals surface area contributed by atoms with Crippen molar-refractivity contribution in [3.63, 3.8) is 0 Å². The topological polar surface area (TPSA) is 67.8 Å². The minimum absolute atomic E-state index is 0.175. The van der Waals surface area contributed by atoms with Crippen LogP contribution in [0.15, 0.2) is 53.0 Å². The van der Waals surface area contributed by atoms with Gasteiger partial charge in [0.25, 0.3) is 0 Å². The summed E-state index contributed by atoms with van der Waals surface area (Å²) in [6.07, 6.45) is -0.0602. The molecule has 0 fully saturated rings. The molecule has 1 unspecified atom stereocenters. The van der Waals surface area contributed by atoms with Crippen LogP contribution in [0.4, 0.5) is 4.79 Å². The van der Waals surface area contributed by atoms with E-state index in [1.54, 1.807) is 0 Å². The molecule has 134 valence electrons. The minimum Gasteiger partial charge on any atom is -0.493 e. The molecule has 5 nitrogen and oxygen atoms in total. The molecule has 0 heterocycles. The highest BCUT2D eigenvalue weighted by Gasteiger charge is 2.14. The number of nitrogens with one attached hydrogen (secondary N) is 1. The first kappa shape index (κ1) is 19.3. The fourth-order valence-corrected chi connectivity index (χ4v) is 2.86. The molecule has 0 aromatic heterocycles. The molecule has 0 aliphatic rings. The Morgan fingerprint density at radius 2 is 1.96 bits per heavy atom. The maximum Gasteiger partial charge on any atom is 0.407 e. The Kier molecular flexibility index (Phi) is 7.76. The average molecular weight is 408 g/mol. The van der Waals surface area contributed by atoms with Crippen molar-refractivity contribution in [1.29, 1.82) is 0 Å². The van der Waals surface area contributed by atoms with Gasteiger partial charge in [-0.25, -0.2) is 4.79 Å². The van der Waals surface area contributed by atoms with Gasteiger partial charge in [0.05, 0.1) is 23.7 Å². The largest absolute Gasteiger partial charge is 0.493 e. The van der Waals surface area contributed by atoms with Gasteiger partial charge in [0.15, 0.2) is 0 Å². The Morgan fingerprint density at radius 1 is 1.20 bits per heavy atom. The first-order valence-corrected chi connectivity index (χ1v) is 8.91. The van der Waals surface area contributed by atoms with Crippen LogP contribution in [0.3, 0.4) is 0 Å². The number of alkyl carbamates (subject to hydrolysis) is 1. The Bertz CT molecular complexity index is 678. The van der Waals surface area contributed by atoms with Crippen LogP contribution in [-0.2, 0) is 17.8 Å². The summed E-state index contributed by atoms with van der Waals surface area (Å²) in [5.74, 6) is 0.766. The lowest BCUT2D eigenvalue weighted by atomic mass is 10.1. The van der Waals surface area contributed by atoms with Crippen LogP contribution >= 0.6 is 15.9 Å². The average Bonchev–Trinajstić information content (AvgIpc) is 2.62. The maximum atomic E-state index is 11.9. The van der Waals surface area contributed by atoms with Gasteiger partial charge >= 0.3 is 6.09 Å². The molecule has 2 aromatic carbocycles. The number of rotatable bonds is 8.